The molecule has 0 aliphatic heterocycles. The zero-order valence-corrected chi connectivity index (χ0v) is 17.4. The van der Waals surface area contributed by atoms with Gasteiger partial charge in [0.2, 0.25) is 0 Å². The number of hydrogen-bond acceptors (Lipinski definition) is 8. The lowest BCUT2D eigenvalue weighted by Gasteiger charge is -2.17. The molecule has 1 atom stereocenters. The Morgan fingerprint density at radius 2 is 2.00 bits per heavy atom. The average molecular weight is 454 g/mol. The van der Waals surface area contributed by atoms with Gasteiger partial charge in [0.25, 0.3) is 0 Å². The molecule has 3 aromatic heterocycles. The molecule has 33 heavy (non-hydrogen) atoms. The molecule has 0 aliphatic carbocycles. The van der Waals surface area contributed by atoms with E-state index in [0.717, 1.165) is 11.6 Å². The third-order valence-corrected chi connectivity index (χ3v) is 4.98. The first-order valence-electron chi connectivity index (χ1n) is 9.63. The van der Waals surface area contributed by atoms with Crippen molar-refractivity contribution in [1.29, 1.82) is 5.26 Å². The van der Waals surface area contributed by atoms with Gasteiger partial charge in [0.05, 0.1) is 22.8 Å². The van der Waals surface area contributed by atoms with E-state index >= 15 is 0 Å². The van der Waals surface area contributed by atoms with Gasteiger partial charge < -0.3 is 16.2 Å². The number of nitriles is 1. The molecule has 0 fully saturated rings. The molecule has 1 aromatic carbocycles. The fraction of sp³-hybridized carbons (Fsp3) is 0.190. The molecule has 0 radical (unpaired) electrons. The Morgan fingerprint density at radius 1 is 1.24 bits per heavy atom. The first kappa shape index (κ1) is 21.8. The third-order valence-electron chi connectivity index (χ3n) is 4.98. The highest BCUT2D eigenvalue weighted by molar-refractivity contribution is 5.80. The van der Waals surface area contributed by atoms with Gasteiger partial charge in [0.1, 0.15) is 35.3 Å². The minimum Gasteiger partial charge on any atom is -0.508 e. The Balaban J connectivity index is 1.85. The summed E-state index contributed by atoms with van der Waals surface area (Å²) < 4.78 is 41.5. The highest BCUT2D eigenvalue weighted by Gasteiger charge is 2.32. The molecule has 0 aliphatic rings. The van der Waals surface area contributed by atoms with E-state index in [2.05, 4.69) is 25.4 Å². The van der Waals surface area contributed by atoms with Crippen LogP contribution in [0.2, 0.25) is 0 Å². The van der Waals surface area contributed by atoms with Gasteiger partial charge in [-0.2, -0.15) is 23.5 Å². The molecule has 0 spiro atoms. The maximum atomic E-state index is 13.3. The summed E-state index contributed by atoms with van der Waals surface area (Å²) in [5, 5.41) is 26.7. The van der Waals surface area contributed by atoms with Crippen LogP contribution in [0.1, 0.15) is 35.5 Å². The number of hydrogen-bond donors (Lipinski definition) is 3. The second kappa shape index (κ2) is 7.94. The van der Waals surface area contributed by atoms with Crippen molar-refractivity contribution in [2.24, 2.45) is 0 Å². The van der Waals surface area contributed by atoms with Gasteiger partial charge in [-0.05, 0) is 43.7 Å². The van der Waals surface area contributed by atoms with E-state index in [4.69, 9.17) is 5.73 Å². The maximum absolute atomic E-state index is 13.3. The van der Waals surface area contributed by atoms with Crippen LogP contribution in [0.25, 0.3) is 16.8 Å². The molecule has 4 aromatic rings. The standard InChI is InChI=1S/C21H17F3N8O/c1-10-3-4-32-17(10)16(12-5-13(21(22,23)24)7-14(33)6-12)30-19(31-32)11(2)29-20-15(8-25)18(26)27-9-28-20/h3-7,9,11,33H,1-2H3,(H3,26,27,28,29)/t11-/m0/s1. The SMILES string of the molecule is Cc1ccn2nc([C@H](C)Nc3ncnc(N)c3C#N)nc(-c3cc(O)cc(C(F)(F)F)c3)c12. The van der Waals surface area contributed by atoms with E-state index < -0.39 is 23.5 Å². The van der Waals surface area contributed by atoms with Crippen LogP contribution in [0, 0.1) is 18.3 Å². The van der Waals surface area contributed by atoms with Crippen LogP contribution in [0.5, 0.6) is 5.75 Å². The topological polar surface area (TPSA) is 138 Å². The van der Waals surface area contributed by atoms with Crippen LogP contribution in [-0.2, 0) is 6.18 Å². The number of rotatable bonds is 4. The van der Waals surface area contributed by atoms with Gasteiger partial charge in [0, 0.05) is 11.8 Å². The Bertz CT molecular complexity index is 1410. The van der Waals surface area contributed by atoms with Crippen molar-refractivity contribution >= 4 is 17.2 Å². The predicted molar refractivity (Wildman–Crippen MR) is 113 cm³/mol. The van der Waals surface area contributed by atoms with Crippen LogP contribution in [-0.4, -0.2) is 29.7 Å². The molecular formula is C21H17F3N8O. The molecule has 4 rings (SSSR count). The van der Waals surface area contributed by atoms with E-state index in [9.17, 15) is 23.5 Å². The van der Waals surface area contributed by atoms with E-state index in [1.165, 1.54) is 16.9 Å². The van der Waals surface area contributed by atoms with Gasteiger partial charge in [0.15, 0.2) is 5.82 Å². The normalized spacial score (nSPS) is 12.5. The second-order valence-electron chi connectivity index (χ2n) is 7.34. The smallest absolute Gasteiger partial charge is 0.416 e. The number of nitrogens with zero attached hydrogens (tertiary/aromatic N) is 6. The molecular weight excluding hydrogens is 437 g/mol. The van der Waals surface area contributed by atoms with Crippen molar-refractivity contribution in [3.8, 4) is 23.1 Å². The maximum Gasteiger partial charge on any atom is 0.416 e. The highest BCUT2D eigenvalue weighted by atomic mass is 19.4. The van der Waals surface area contributed by atoms with E-state index in [-0.39, 0.29) is 34.3 Å². The molecule has 4 N–H and O–H groups in total. The van der Waals surface area contributed by atoms with Gasteiger partial charge in [-0.25, -0.2) is 19.5 Å². The van der Waals surface area contributed by atoms with Crippen molar-refractivity contribution in [2.45, 2.75) is 26.1 Å². The average Bonchev–Trinajstić information content (AvgIpc) is 3.13. The summed E-state index contributed by atoms with van der Waals surface area (Å²) in [7, 11) is 0. The Kier molecular flexibility index (Phi) is 5.25. The van der Waals surface area contributed by atoms with Crippen molar-refractivity contribution in [3.63, 3.8) is 0 Å². The third kappa shape index (κ3) is 4.08. The predicted octanol–water partition coefficient (Wildman–Crippen LogP) is 3.85. The number of benzene rings is 1. The first-order valence-corrected chi connectivity index (χ1v) is 9.63. The molecule has 0 saturated heterocycles. The molecule has 0 unspecified atom stereocenters. The number of anilines is 2. The largest absolute Gasteiger partial charge is 0.508 e. The van der Waals surface area contributed by atoms with Gasteiger partial charge in [-0.3, -0.25) is 0 Å². The Morgan fingerprint density at radius 3 is 2.70 bits per heavy atom. The zero-order chi connectivity index (χ0) is 23.9. The summed E-state index contributed by atoms with van der Waals surface area (Å²) in [6.07, 6.45) is -1.80. The van der Waals surface area contributed by atoms with Crippen LogP contribution in [0.3, 0.4) is 0 Å². The number of aryl methyl sites for hydroxylation is 1. The van der Waals surface area contributed by atoms with Crippen LogP contribution in [0.4, 0.5) is 24.8 Å². The van der Waals surface area contributed by atoms with Crippen molar-refractivity contribution in [1.82, 2.24) is 24.6 Å². The minimum absolute atomic E-state index is 0.000246. The van der Waals surface area contributed by atoms with Crippen molar-refractivity contribution < 1.29 is 18.3 Å². The van der Waals surface area contributed by atoms with Gasteiger partial charge in [-0.1, -0.05) is 0 Å². The lowest BCUT2D eigenvalue weighted by Crippen LogP contribution is -2.16. The molecule has 0 saturated carbocycles. The monoisotopic (exact) mass is 454 g/mol. The molecule has 0 bridgehead atoms. The number of phenolic OH excluding ortho intramolecular Hbond substituents is 1. The molecule has 3 heterocycles. The van der Waals surface area contributed by atoms with Crippen LogP contribution < -0.4 is 11.1 Å². The number of alkyl halides is 3. The summed E-state index contributed by atoms with van der Waals surface area (Å²) in [5.74, 6) is -0.155. The number of nitrogen functional groups attached to an aromatic ring is 1. The summed E-state index contributed by atoms with van der Waals surface area (Å²) in [5.41, 5.74) is 6.29. The summed E-state index contributed by atoms with van der Waals surface area (Å²) in [6, 6.07) is 5.85. The summed E-state index contributed by atoms with van der Waals surface area (Å²) in [4.78, 5) is 12.3. The zero-order valence-electron chi connectivity index (χ0n) is 17.4. The lowest BCUT2D eigenvalue weighted by molar-refractivity contribution is -0.137. The number of halogens is 3. The number of aromatic nitrogens is 5. The van der Waals surface area contributed by atoms with Crippen molar-refractivity contribution in [2.75, 3.05) is 11.1 Å². The molecule has 12 heteroatoms. The van der Waals surface area contributed by atoms with E-state index in [0.29, 0.717) is 11.6 Å². The summed E-state index contributed by atoms with van der Waals surface area (Å²) in [6.45, 7) is 3.48. The molecule has 168 valence electrons. The number of phenols is 1. The number of nitrogens with one attached hydrogen (secondary N) is 1. The quantitative estimate of drug-likeness (QED) is 0.423. The Labute approximate surface area is 185 Å². The number of aromatic hydroxyl groups is 1. The fourth-order valence-electron chi connectivity index (χ4n) is 3.38. The number of fused-ring (bicyclic) bond motifs is 1. The molecule has 9 nitrogen and oxygen atoms in total. The fourth-order valence-corrected chi connectivity index (χ4v) is 3.38. The van der Waals surface area contributed by atoms with E-state index in [1.807, 2.05) is 6.07 Å². The van der Waals surface area contributed by atoms with Crippen LogP contribution in [0.15, 0.2) is 36.8 Å². The summed E-state index contributed by atoms with van der Waals surface area (Å²) >= 11 is 0. The second-order valence-corrected chi connectivity index (χ2v) is 7.34. The lowest BCUT2D eigenvalue weighted by atomic mass is 10.0. The van der Waals surface area contributed by atoms with Crippen LogP contribution >= 0.6 is 0 Å². The Hall–Kier alpha value is -4.40. The van der Waals surface area contributed by atoms with Gasteiger partial charge in [-0.15, -0.1) is 0 Å². The highest BCUT2D eigenvalue weighted by Crippen LogP contribution is 2.36. The first-order chi connectivity index (χ1) is 15.6. The minimum atomic E-state index is -4.65. The van der Waals surface area contributed by atoms with Crippen molar-refractivity contribution in [3.05, 3.63) is 59.3 Å². The molecule has 0 amide bonds. The van der Waals surface area contributed by atoms with E-state index in [1.54, 1.807) is 26.1 Å². The number of nitrogens with two attached hydrogens (primary N) is 1. The van der Waals surface area contributed by atoms with Gasteiger partial charge >= 0.3 is 6.18 Å².